The summed E-state index contributed by atoms with van der Waals surface area (Å²) in [5, 5.41) is 0. The number of aryl methyl sites for hydroxylation is 1. The van der Waals surface area contributed by atoms with E-state index < -0.39 is 0 Å². The van der Waals surface area contributed by atoms with Crippen molar-refractivity contribution in [2.24, 2.45) is 11.8 Å². The van der Waals surface area contributed by atoms with E-state index in [1.165, 1.54) is 24.8 Å². The second-order valence-electron chi connectivity index (χ2n) is 5.97. The number of aromatic nitrogens is 1. The second kappa shape index (κ2) is 5.72. The quantitative estimate of drug-likeness (QED) is 0.832. The molecular formula is C16H22N2O. The van der Waals surface area contributed by atoms with E-state index in [0.29, 0.717) is 17.7 Å². The fourth-order valence-corrected chi connectivity index (χ4v) is 3.01. The van der Waals surface area contributed by atoms with Crippen LogP contribution >= 0.6 is 0 Å². The number of amides is 1. The van der Waals surface area contributed by atoms with E-state index in [-0.39, 0.29) is 0 Å². The molecule has 0 radical (unpaired) electrons. The molecule has 2 aliphatic rings. The molecule has 1 aliphatic carbocycles. The molecule has 1 aromatic rings. The zero-order valence-corrected chi connectivity index (χ0v) is 11.4. The Bertz CT molecular complexity index is 428. The van der Waals surface area contributed by atoms with Crippen molar-refractivity contribution in [3.8, 4) is 0 Å². The van der Waals surface area contributed by atoms with E-state index in [1.807, 2.05) is 18.5 Å². The Balaban J connectivity index is 1.49. The predicted molar refractivity (Wildman–Crippen MR) is 74.6 cm³/mol. The maximum absolute atomic E-state index is 12.1. The molecule has 0 bridgehead atoms. The molecule has 1 amide bonds. The number of pyridine rings is 1. The molecule has 3 heteroatoms. The molecule has 2 heterocycles. The van der Waals surface area contributed by atoms with Gasteiger partial charge in [0.1, 0.15) is 0 Å². The highest BCUT2D eigenvalue weighted by Crippen LogP contribution is 2.33. The van der Waals surface area contributed by atoms with Gasteiger partial charge >= 0.3 is 0 Å². The van der Waals surface area contributed by atoms with Crippen molar-refractivity contribution in [3.05, 3.63) is 30.1 Å². The molecule has 0 N–H and O–H groups in total. The Labute approximate surface area is 115 Å². The first-order valence-electron chi connectivity index (χ1n) is 7.50. The molecule has 102 valence electrons. The van der Waals surface area contributed by atoms with Crippen LogP contribution in [0.1, 0.15) is 37.7 Å². The van der Waals surface area contributed by atoms with E-state index in [9.17, 15) is 4.79 Å². The molecular weight excluding hydrogens is 236 g/mol. The summed E-state index contributed by atoms with van der Waals surface area (Å²) in [5.41, 5.74) is 1.31. The summed E-state index contributed by atoms with van der Waals surface area (Å²) in [6.45, 7) is 1.97. The normalized spacial score (nSPS) is 23.4. The van der Waals surface area contributed by atoms with Gasteiger partial charge in [0.25, 0.3) is 0 Å². The summed E-state index contributed by atoms with van der Waals surface area (Å²) in [7, 11) is 0. The van der Waals surface area contributed by atoms with Crippen molar-refractivity contribution in [1.82, 2.24) is 9.88 Å². The lowest BCUT2D eigenvalue weighted by molar-refractivity contribution is -0.134. The predicted octanol–water partition coefficient (Wildman–Crippen LogP) is 2.66. The van der Waals surface area contributed by atoms with Crippen LogP contribution in [0.3, 0.4) is 0 Å². The second-order valence-corrected chi connectivity index (χ2v) is 5.97. The summed E-state index contributed by atoms with van der Waals surface area (Å²) in [6.07, 6.45) is 10.7. The van der Waals surface area contributed by atoms with Crippen molar-refractivity contribution in [2.45, 2.75) is 38.5 Å². The fraction of sp³-hybridized carbons (Fsp3) is 0.625. The first kappa shape index (κ1) is 12.6. The van der Waals surface area contributed by atoms with E-state index in [4.69, 9.17) is 0 Å². The molecule has 0 spiro atoms. The van der Waals surface area contributed by atoms with Crippen LogP contribution in [0.15, 0.2) is 24.5 Å². The SMILES string of the molecule is O=C(C1CC1)N1CCCC(CCc2cccnc2)C1. The van der Waals surface area contributed by atoms with Gasteiger partial charge in [0.2, 0.25) is 5.91 Å². The zero-order valence-electron chi connectivity index (χ0n) is 11.4. The van der Waals surface area contributed by atoms with E-state index in [1.54, 1.807) is 0 Å². The minimum Gasteiger partial charge on any atom is -0.342 e. The van der Waals surface area contributed by atoms with Crippen LogP contribution in [0.4, 0.5) is 0 Å². The minimum atomic E-state index is 0.372. The van der Waals surface area contributed by atoms with Crippen LogP contribution in [0.2, 0.25) is 0 Å². The van der Waals surface area contributed by atoms with Gasteiger partial charge in [-0.05, 0) is 56.1 Å². The Morgan fingerprint density at radius 2 is 2.26 bits per heavy atom. The third kappa shape index (κ3) is 3.34. The number of hydrogen-bond donors (Lipinski definition) is 0. The smallest absolute Gasteiger partial charge is 0.225 e. The van der Waals surface area contributed by atoms with Crippen molar-refractivity contribution in [3.63, 3.8) is 0 Å². The maximum Gasteiger partial charge on any atom is 0.225 e. The van der Waals surface area contributed by atoms with Crippen molar-refractivity contribution in [2.75, 3.05) is 13.1 Å². The van der Waals surface area contributed by atoms with E-state index in [0.717, 1.165) is 32.4 Å². The van der Waals surface area contributed by atoms with Gasteiger partial charge in [0.05, 0.1) is 0 Å². The number of carbonyl (C=O) groups excluding carboxylic acids is 1. The van der Waals surface area contributed by atoms with Gasteiger partial charge in [-0.15, -0.1) is 0 Å². The Kier molecular flexibility index (Phi) is 3.81. The van der Waals surface area contributed by atoms with E-state index >= 15 is 0 Å². The lowest BCUT2D eigenvalue weighted by Crippen LogP contribution is -2.40. The van der Waals surface area contributed by atoms with Crippen LogP contribution in [0.25, 0.3) is 0 Å². The first-order chi connectivity index (χ1) is 9.33. The number of carbonyl (C=O) groups is 1. The monoisotopic (exact) mass is 258 g/mol. The first-order valence-corrected chi connectivity index (χ1v) is 7.50. The lowest BCUT2D eigenvalue weighted by atomic mass is 9.92. The highest BCUT2D eigenvalue weighted by atomic mass is 16.2. The molecule has 0 aromatic carbocycles. The number of likely N-dealkylation sites (tertiary alicyclic amines) is 1. The Morgan fingerprint density at radius 3 is 3.00 bits per heavy atom. The molecule has 1 aromatic heterocycles. The van der Waals surface area contributed by atoms with Crippen molar-refractivity contribution < 1.29 is 4.79 Å². The van der Waals surface area contributed by atoms with Gasteiger partial charge in [-0.2, -0.15) is 0 Å². The van der Waals surface area contributed by atoms with Crippen LogP contribution < -0.4 is 0 Å². The fourth-order valence-electron chi connectivity index (χ4n) is 3.01. The standard InChI is InChI=1S/C16H22N2O/c19-16(15-7-8-15)18-10-2-4-14(12-18)6-5-13-3-1-9-17-11-13/h1,3,9,11,14-15H,2,4-8,10,12H2. The summed E-state index contributed by atoms with van der Waals surface area (Å²) in [6, 6.07) is 4.14. The summed E-state index contributed by atoms with van der Waals surface area (Å²) in [5.74, 6) is 1.47. The molecule has 2 fully saturated rings. The molecule has 1 atom stereocenters. The lowest BCUT2D eigenvalue weighted by Gasteiger charge is -2.33. The molecule has 3 rings (SSSR count). The van der Waals surface area contributed by atoms with Crippen LogP contribution in [-0.2, 0) is 11.2 Å². The van der Waals surface area contributed by atoms with Gasteiger partial charge in [-0.25, -0.2) is 0 Å². The topological polar surface area (TPSA) is 33.2 Å². The van der Waals surface area contributed by atoms with Gasteiger partial charge in [0.15, 0.2) is 0 Å². The highest BCUT2D eigenvalue weighted by molar-refractivity contribution is 5.81. The Morgan fingerprint density at radius 1 is 1.37 bits per heavy atom. The number of nitrogens with zero attached hydrogens (tertiary/aromatic N) is 2. The van der Waals surface area contributed by atoms with Gasteiger partial charge in [-0.3, -0.25) is 9.78 Å². The molecule has 19 heavy (non-hydrogen) atoms. The van der Waals surface area contributed by atoms with Gasteiger partial charge in [-0.1, -0.05) is 6.07 Å². The average Bonchev–Trinajstić information content (AvgIpc) is 3.30. The average molecular weight is 258 g/mol. The summed E-state index contributed by atoms with van der Waals surface area (Å²) < 4.78 is 0. The molecule has 3 nitrogen and oxygen atoms in total. The van der Waals surface area contributed by atoms with Crippen LogP contribution in [0, 0.1) is 11.8 Å². The zero-order chi connectivity index (χ0) is 13.1. The summed E-state index contributed by atoms with van der Waals surface area (Å²) in [4.78, 5) is 18.4. The molecule has 1 unspecified atom stereocenters. The van der Waals surface area contributed by atoms with Crippen LogP contribution in [-0.4, -0.2) is 28.9 Å². The number of piperidine rings is 1. The summed E-state index contributed by atoms with van der Waals surface area (Å²) >= 11 is 0. The van der Waals surface area contributed by atoms with Crippen LogP contribution in [0.5, 0.6) is 0 Å². The molecule has 1 aliphatic heterocycles. The van der Waals surface area contributed by atoms with E-state index in [2.05, 4.69) is 16.0 Å². The van der Waals surface area contributed by atoms with Crippen molar-refractivity contribution in [1.29, 1.82) is 0 Å². The number of rotatable bonds is 4. The van der Waals surface area contributed by atoms with Crippen molar-refractivity contribution >= 4 is 5.91 Å². The molecule has 1 saturated heterocycles. The van der Waals surface area contributed by atoms with Gasteiger partial charge < -0.3 is 4.90 Å². The Hall–Kier alpha value is -1.38. The minimum absolute atomic E-state index is 0.372. The van der Waals surface area contributed by atoms with Gasteiger partial charge in [0, 0.05) is 31.4 Å². The number of hydrogen-bond acceptors (Lipinski definition) is 2. The third-order valence-electron chi connectivity index (χ3n) is 4.32. The third-order valence-corrected chi connectivity index (χ3v) is 4.32. The highest BCUT2D eigenvalue weighted by Gasteiger charge is 2.35. The molecule has 1 saturated carbocycles. The largest absolute Gasteiger partial charge is 0.342 e. The maximum atomic E-state index is 12.1.